The normalized spacial score (nSPS) is 21.2. The van der Waals surface area contributed by atoms with Gasteiger partial charge >= 0.3 is 0 Å². The second-order valence-corrected chi connectivity index (χ2v) is 4.80. The number of hydrogen-bond donors (Lipinski definition) is 1. The molecule has 0 radical (unpaired) electrons. The third-order valence-electron chi connectivity index (χ3n) is 3.01. The zero-order chi connectivity index (χ0) is 10.6. The first-order valence-corrected chi connectivity index (χ1v) is 6.02. The Morgan fingerprint density at radius 1 is 1.29 bits per heavy atom. The van der Waals surface area contributed by atoms with Gasteiger partial charge in [-0.2, -0.15) is 0 Å². The molecule has 0 amide bonds. The predicted octanol–water partition coefficient (Wildman–Crippen LogP) is 2.58. The van der Waals surface area contributed by atoms with Crippen molar-refractivity contribution in [3.8, 4) is 0 Å². The molecule has 2 unspecified atom stereocenters. The quantitative estimate of drug-likeness (QED) is 0.680. The first-order chi connectivity index (χ1) is 6.63. The van der Waals surface area contributed by atoms with Crippen molar-refractivity contribution in [2.24, 2.45) is 5.92 Å². The van der Waals surface area contributed by atoms with E-state index in [4.69, 9.17) is 4.74 Å². The van der Waals surface area contributed by atoms with Crippen LogP contribution in [0.1, 0.15) is 47.0 Å². The first kappa shape index (κ1) is 12.0. The van der Waals surface area contributed by atoms with Crippen molar-refractivity contribution in [1.29, 1.82) is 0 Å². The predicted molar refractivity (Wildman–Crippen MR) is 60.5 cm³/mol. The molecular formula is C12H25NO. The second-order valence-electron chi connectivity index (χ2n) is 4.80. The van der Waals surface area contributed by atoms with E-state index >= 15 is 0 Å². The molecular weight excluding hydrogens is 174 g/mol. The molecule has 84 valence electrons. The van der Waals surface area contributed by atoms with Gasteiger partial charge in [-0.25, -0.2) is 0 Å². The van der Waals surface area contributed by atoms with E-state index in [0.29, 0.717) is 18.1 Å². The van der Waals surface area contributed by atoms with E-state index in [-0.39, 0.29) is 0 Å². The van der Waals surface area contributed by atoms with Crippen molar-refractivity contribution < 1.29 is 4.74 Å². The average Bonchev–Trinajstić information content (AvgIpc) is 2.95. The van der Waals surface area contributed by atoms with Crippen LogP contribution in [0.3, 0.4) is 0 Å². The largest absolute Gasteiger partial charge is 0.374 e. The van der Waals surface area contributed by atoms with Crippen molar-refractivity contribution in [2.45, 2.75) is 65.2 Å². The van der Waals surface area contributed by atoms with Crippen LogP contribution in [0.5, 0.6) is 0 Å². The minimum atomic E-state index is 0.376. The van der Waals surface area contributed by atoms with Crippen LogP contribution in [0.4, 0.5) is 0 Å². The summed E-state index contributed by atoms with van der Waals surface area (Å²) < 4.78 is 5.98. The highest BCUT2D eigenvalue weighted by atomic mass is 16.5. The van der Waals surface area contributed by atoms with Gasteiger partial charge in [0.25, 0.3) is 0 Å². The van der Waals surface area contributed by atoms with Crippen molar-refractivity contribution in [1.82, 2.24) is 5.32 Å². The first-order valence-electron chi connectivity index (χ1n) is 6.02. The van der Waals surface area contributed by atoms with Crippen molar-refractivity contribution in [3.63, 3.8) is 0 Å². The molecule has 1 saturated carbocycles. The zero-order valence-electron chi connectivity index (χ0n) is 10.0. The van der Waals surface area contributed by atoms with E-state index in [1.54, 1.807) is 0 Å². The Labute approximate surface area is 88.4 Å². The van der Waals surface area contributed by atoms with Crippen LogP contribution >= 0.6 is 0 Å². The Morgan fingerprint density at radius 2 is 1.93 bits per heavy atom. The van der Waals surface area contributed by atoms with Gasteiger partial charge in [0, 0.05) is 12.6 Å². The van der Waals surface area contributed by atoms with Gasteiger partial charge in [0.1, 0.15) is 0 Å². The van der Waals surface area contributed by atoms with E-state index in [9.17, 15) is 0 Å². The monoisotopic (exact) mass is 199 g/mol. The summed E-state index contributed by atoms with van der Waals surface area (Å²) in [6.07, 6.45) is 4.59. The maximum absolute atomic E-state index is 5.98. The van der Waals surface area contributed by atoms with Gasteiger partial charge in [-0.3, -0.25) is 0 Å². The molecule has 0 aromatic heterocycles. The van der Waals surface area contributed by atoms with Gasteiger partial charge in [-0.05, 0) is 32.1 Å². The highest BCUT2D eigenvalue weighted by Crippen LogP contribution is 2.19. The van der Waals surface area contributed by atoms with Crippen LogP contribution in [-0.2, 0) is 4.74 Å². The molecule has 0 saturated heterocycles. The summed E-state index contributed by atoms with van der Waals surface area (Å²) in [6.45, 7) is 9.83. The van der Waals surface area contributed by atoms with E-state index < -0.39 is 0 Å². The molecule has 2 nitrogen and oxygen atoms in total. The van der Waals surface area contributed by atoms with Crippen LogP contribution in [0, 0.1) is 5.92 Å². The summed E-state index contributed by atoms with van der Waals surface area (Å²) in [7, 11) is 0. The molecule has 1 aliphatic carbocycles. The lowest BCUT2D eigenvalue weighted by atomic mass is 10.1. The van der Waals surface area contributed by atoms with Crippen LogP contribution in [-0.4, -0.2) is 24.8 Å². The van der Waals surface area contributed by atoms with Gasteiger partial charge in [-0.15, -0.1) is 0 Å². The Kier molecular flexibility index (Phi) is 4.90. The molecule has 0 spiro atoms. The molecule has 1 fully saturated rings. The van der Waals surface area contributed by atoms with Crippen molar-refractivity contribution in [3.05, 3.63) is 0 Å². The van der Waals surface area contributed by atoms with Gasteiger partial charge < -0.3 is 10.1 Å². The van der Waals surface area contributed by atoms with Gasteiger partial charge in [0.2, 0.25) is 0 Å². The summed E-state index contributed by atoms with van der Waals surface area (Å²) in [5.74, 6) is 0.616. The fourth-order valence-corrected chi connectivity index (χ4v) is 1.33. The summed E-state index contributed by atoms with van der Waals surface area (Å²) in [5, 5.41) is 3.53. The van der Waals surface area contributed by atoms with Gasteiger partial charge in [0.15, 0.2) is 0 Å². The highest BCUT2D eigenvalue weighted by molar-refractivity contribution is 4.82. The molecule has 2 heteroatoms. The van der Waals surface area contributed by atoms with E-state index in [1.165, 1.54) is 12.8 Å². The van der Waals surface area contributed by atoms with Gasteiger partial charge in [0.05, 0.1) is 12.2 Å². The highest BCUT2D eigenvalue weighted by Gasteiger charge is 2.22. The molecule has 1 N–H and O–H groups in total. The molecule has 0 aromatic rings. The molecule has 0 bridgehead atoms. The number of hydrogen-bond acceptors (Lipinski definition) is 2. The summed E-state index contributed by atoms with van der Waals surface area (Å²) in [4.78, 5) is 0. The third kappa shape index (κ3) is 4.43. The molecule has 2 atom stereocenters. The maximum atomic E-state index is 5.98. The zero-order valence-corrected chi connectivity index (χ0v) is 10.0. The fourth-order valence-electron chi connectivity index (χ4n) is 1.33. The summed E-state index contributed by atoms with van der Waals surface area (Å²) >= 11 is 0. The third-order valence-corrected chi connectivity index (χ3v) is 3.01. The minimum absolute atomic E-state index is 0.376. The lowest BCUT2D eigenvalue weighted by molar-refractivity contribution is -0.0258. The second kappa shape index (κ2) is 5.72. The Balaban J connectivity index is 2.15. The molecule has 1 aliphatic rings. The van der Waals surface area contributed by atoms with Crippen LogP contribution in [0.15, 0.2) is 0 Å². The van der Waals surface area contributed by atoms with Crippen molar-refractivity contribution >= 4 is 0 Å². The Bertz CT molecular complexity index is 154. The molecule has 14 heavy (non-hydrogen) atoms. The van der Waals surface area contributed by atoms with Crippen LogP contribution in [0.2, 0.25) is 0 Å². The standard InChI is InChI=1S/C12H25NO/c1-5-12(8-13-11-6-7-11)14-10(4)9(2)3/h9-13H,5-8H2,1-4H3. The lowest BCUT2D eigenvalue weighted by Gasteiger charge is -2.24. The molecule has 0 heterocycles. The number of ether oxygens (including phenoxy) is 1. The molecule has 0 aromatic carbocycles. The summed E-state index contributed by atoms with van der Waals surface area (Å²) in [6, 6.07) is 0.794. The SMILES string of the molecule is CCC(CNC1CC1)OC(C)C(C)C. The average molecular weight is 199 g/mol. The number of nitrogens with one attached hydrogen (secondary N) is 1. The smallest absolute Gasteiger partial charge is 0.0700 e. The van der Waals surface area contributed by atoms with Crippen LogP contribution in [0.25, 0.3) is 0 Å². The van der Waals surface area contributed by atoms with Crippen molar-refractivity contribution in [2.75, 3.05) is 6.54 Å². The summed E-state index contributed by atoms with van der Waals surface area (Å²) in [5.41, 5.74) is 0. The number of rotatable bonds is 7. The van der Waals surface area contributed by atoms with Gasteiger partial charge in [-0.1, -0.05) is 20.8 Å². The Hall–Kier alpha value is -0.0800. The minimum Gasteiger partial charge on any atom is -0.374 e. The maximum Gasteiger partial charge on any atom is 0.0700 e. The Morgan fingerprint density at radius 3 is 2.36 bits per heavy atom. The van der Waals surface area contributed by atoms with Crippen LogP contribution < -0.4 is 5.32 Å². The lowest BCUT2D eigenvalue weighted by Crippen LogP contribution is -2.33. The topological polar surface area (TPSA) is 21.3 Å². The van der Waals surface area contributed by atoms with E-state index in [1.807, 2.05) is 0 Å². The van der Waals surface area contributed by atoms with E-state index in [2.05, 4.69) is 33.0 Å². The van der Waals surface area contributed by atoms with E-state index in [0.717, 1.165) is 19.0 Å². The molecule has 0 aliphatic heterocycles. The molecule has 1 rings (SSSR count). The fraction of sp³-hybridized carbons (Fsp3) is 1.00.